The zero-order chi connectivity index (χ0) is 16.6. The maximum atomic E-state index is 12.2. The molecule has 4 nitrogen and oxygen atoms in total. The fourth-order valence-electron chi connectivity index (χ4n) is 2.41. The summed E-state index contributed by atoms with van der Waals surface area (Å²) in [6, 6.07) is 11.0. The van der Waals surface area contributed by atoms with Gasteiger partial charge in [0.2, 0.25) is 0 Å². The molecule has 1 amide bonds. The highest BCUT2D eigenvalue weighted by atomic mass is 32.1. The summed E-state index contributed by atoms with van der Waals surface area (Å²) in [5, 5.41) is 3.05. The number of nitrogens with zero attached hydrogens (tertiary/aromatic N) is 1. The molecule has 0 unspecified atom stereocenters. The summed E-state index contributed by atoms with van der Waals surface area (Å²) in [6.45, 7) is 5.93. The minimum atomic E-state index is -0.665. The third kappa shape index (κ3) is 3.14. The van der Waals surface area contributed by atoms with Gasteiger partial charge in [-0.2, -0.15) is 0 Å². The lowest BCUT2D eigenvalue weighted by molar-refractivity contribution is -0.112. The van der Waals surface area contributed by atoms with E-state index in [1.807, 2.05) is 45.0 Å². The van der Waals surface area contributed by atoms with Crippen molar-refractivity contribution < 1.29 is 9.59 Å². The first kappa shape index (κ1) is 15.4. The topological polar surface area (TPSA) is 59.1 Å². The van der Waals surface area contributed by atoms with E-state index in [1.165, 1.54) is 11.3 Å². The SMILES string of the molecule is Cc1ccc(C(=O)C(=O)Nc2nc3c(C)cc(C)cc3s2)cc1. The van der Waals surface area contributed by atoms with E-state index in [-0.39, 0.29) is 0 Å². The summed E-state index contributed by atoms with van der Waals surface area (Å²) in [6.07, 6.45) is 0. The summed E-state index contributed by atoms with van der Waals surface area (Å²) < 4.78 is 1.00. The lowest BCUT2D eigenvalue weighted by Gasteiger charge is -2.01. The van der Waals surface area contributed by atoms with Gasteiger partial charge in [-0.3, -0.25) is 14.9 Å². The number of hydrogen-bond donors (Lipinski definition) is 1. The number of ketones is 1. The number of nitrogens with one attached hydrogen (secondary N) is 1. The smallest absolute Gasteiger partial charge is 0.295 e. The summed E-state index contributed by atoms with van der Waals surface area (Å²) in [7, 11) is 0. The standard InChI is InChI=1S/C18H16N2O2S/c1-10-4-6-13(7-5-10)16(21)17(22)20-18-19-15-12(3)8-11(2)9-14(15)23-18/h4-9H,1-3H3,(H,19,20,22). The lowest BCUT2D eigenvalue weighted by Crippen LogP contribution is -2.22. The van der Waals surface area contributed by atoms with Crippen molar-refractivity contribution in [2.45, 2.75) is 20.8 Å². The van der Waals surface area contributed by atoms with E-state index in [9.17, 15) is 9.59 Å². The van der Waals surface area contributed by atoms with Gasteiger partial charge >= 0.3 is 0 Å². The minimum Gasteiger partial charge on any atom is -0.295 e. The first-order chi connectivity index (χ1) is 10.9. The van der Waals surface area contributed by atoms with Gasteiger partial charge in [-0.25, -0.2) is 4.98 Å². The number of amides is 1. The fraction of sp³-hybridized carbons (Fsp3) is 0.167. The Kier molecular flexibility index (Phi) is 3.96. The van der Waals surface area contributed by atoms with E-state index in [0.29, 0.717) is 10.7 Å². The van der Waals surface area contributed by atoms with Gasteiger partial charge in [-0.15, -0.1) is 0 Å². The highest BCUT2D eigenvalue weighted by molar-refractivity contribution is 7.22. The third-order valence-corrected chi connectivity index (χ3v) is 4.49. The molecule has 0 saturated carbocycles. The number of thiazole rings is 1. The largest absolute Gasteiger partial charge is 0.298 e. The molecule has 0 aliphatic carbocycles. The van der Waals surface area contributed by atoms with Gasteiger partial charge in [0.25, 0.3) is 11.7 Å². The van der Waals surface area contributed by atoms with Crippen molar-refractivity contribution in [3.63, 3.8) is 0 Å². The fourth-order valence-corrected chi connectivity index (χ4v) is 3.45. The Hall–Kier alpha value is -2.53. The van der Waals surface area contributed by atoms with Gasteiger partial charge in [-0.05, 0) is 38.0 Å². The maximum absolute atomic E-state index is 12.2. The highest BCUT2D eigenvalue weighted by Gasteiger charge is 2.18. The zero-order valence-electron chi connectivity index (χ0n) is 13.1. The van der Waals surface area contributed by atoms with E-state index in [0.717, 1.165) is 26.9 Å². The molecular weight excluding hydrogens is 308 g/mol. The number of carbonyl (C=O) groups is 2. The second-order valence-corrected chi connectivity index (χ2v) is 6.63. The molecule has 0 radical (unpaired) electrons. The number of fused-ring (bicyclic) bond motifs is 1. The summed E-state index contributed by atoms with van der Waals surface area (Å²) >= 11 is 1.37. The monoisotopic (exact) mass is 324 g/mol. The van der Waals surface area contributed by atoms with Gasteiger partial charge in [-0.1, -0.05) is 47.2 Å². The molecule has 0 atom stereocenters. The van der Waals surface area contributed by atoms with Crippen molar-refractivity contribution in [2.75, 3.05) is 5.32 Å². The molecule has 0 fully saturated rings. The molecule has 1 aromatic heterocycles. The molecule has 0 aliphatic rings. The predicted molar refractivity (Wildman–Crippen MR) is 93.2 cm³/mol. The molecule has 23 heavy (non-hydrogen) atoms. The van der Waals surface area contributed by atoms with Gasteiger partial charge in [0.15, 0.2) is 5.13 Å². The molecule has 2 aromatic carbocycles. The van der Waals surface area contributed by atoms with Crippen molar-refractivity contribution in [1.29, 1.82) is 0 Å². The molecule has 0 spiro atoms. The molecule has 3 aromatic rings. The van der Waals surface area contributed by atoms with Gasteiger partial charge < -0.3 is 0 Å². The average Bonchev–Trinajstić information content (AvgIpc) is 2.90. The predicted octanol–water partition coefficient (Wildman–Crippen LogP) is 4.04. The molecule has 3 rings (SSSR count). The van der Waals surface area contributed by atoms with E-state index < -0.39 is 11.7 Å². The summed E-state index contributed by atoms with van der Waals surface area (Å²) in [5.74, 6) is -1.22. The van der Waals surface area contributed by atoms with Crippen molar-refractivity contribution >= 4 is 38.4 Å². The number of Topliss-reactive ketones (excluding diaryl/α,β-unsaturated/α-hetero) is 1. The van der Waals surface area contributed by atoms with Crippen molar-refractivity contribution in [1.82, 2.24) is 4.98 Å². The number of hydrogen-bond acceptors (Lipinski definition) is 4. The second-order valence-electron chi connectivity index (χ2n) is 5.60. The van der Waals surface area contributed by atoms with Gasteiger partial charge in [0.05, 0.1) is 10.2 Å². The van der Waals surface area contributed by atoms with Crippen LogP contribution in [0.15, 0.2) is 36.4 Å². The van der Waals surface area contributed by atoms with Crippen LogP contribution < -0.4 is 5.32 Å². The Morgan fingerprint density at radius 2 is 1.70 bits per heavy atom. The highest BCUT2D eigenvalue weighted by Crippen LogP contribution is 2.29. The molecule has 0 saturated heterocycles. The van der Waals surface area contributed by atoms with E-state index in [2.05, 4.69) is 10.3 Å². The Morgan fingerprint density at radius 3 is 2.39 bits per heavy atom. The van der Waals surface area contributed by atoms with E-state index in [4.69, 9.17) is 0 Å². The number of benzene rings is 2. The van der Waals surface area contributed by atoms with E-state index in [1.54, 1.807) is 12.1 Å². The number of aromatic nitrogens is 1. The van der Waals surface area contributed by atoms with Crippen LogP contribution in [0.3, 0.4) is 0 Å². The Bertz CT molecular complexity index is 911. The average molecular weight is 324 g/mol. The van der Waals surface area contributed by atoms with Crippen LogP contribution in [0, 0.1) is 20.8 Å². The number of carbonyl (C=O) groups excluding carboxylic acids is 2. The van der Waals surface area contributed by atoms with Gasteiger partial charge in [0, 0.05) is 5.56 Å². The van der Waals surface area contributed by atoms with Crippen molar-refractivity contribution in [3.05, 3.63) is 58.7 Å². The van der Waals surface area contributed by atoms with E-state index >= 15 is 0 Å². The number of rotatable bonds is 3. The van der Waals surface area contributed by atoms with Crippen molar-refractivity contribution in [2.24, 2.45) is 0 Å². The maximum Gasteiger partial charge on any atom is 0.298 e. The molecular formula is C18H16N2O2S. The molecule has 0 aliphatic heterocycles. The Labute approximate surface area is 138 Å². The first-order valence-electron chi connectivity index (χ1n) is 7.24. The normalized spacial score (nSPS) is 10.7. The van der Waals surface area contributed by atoms with Crippen LogP contribution in [0.2, 0.25) is 0 Å². The van der Waals surface area contributed by atoms with Crippen LogP contribution >= 0.6 is 11.3 Å². The molecule has 0 bridgehead atoms. The minimum absolute atomic E-state index is 0.376. The van der Waals surface area contributed by atoms with Crippen LogP contribution in [0.4, 0.5) is 5.13 Å². The second kappa shape index (κ2) is 5.93. The van der Waals surface area contributed by atoms with Crippen molar-refractivity contribution in [3.8, 4) is 0 Å². The lowest BCUT2D eigenvalue weighted by atomic mass is 10.1. The molecule has 1 heterocycles. The third-order valence-electron chi connectivity index (χ3n) is 3.57. The summed E-state index contributed by atoms with van der Waals surface area (Å²) in [4.78, 5) is 28.7. The van der Waals surface area contributed by atoms with Crippen LogP contribution in [0.5, 0.6) is 0 Å². The number of aryl methyl sites for hydroxylation is 3. The van der Waals surface area contributed by atoms with Crippen LogP contribution in [-0.4, -0.2) is 16.7 Å². The molecule has 116 valence electrons. The summed E-state index contributed by atoms with van der Waals surface area (Å²) in [5.41, 5.74) is 4.48. The van der Waals surface area contributed by atoms with Crippen LogP contribution in [0.1, 0.15) is 27.0 Å². The first-order valence-corrected chi connectivity index (χ1v) is 8.06. The Balaban J connectivity index is 1.84. The van der Waals surface area contributed by atoms with Crippen LogP contribution in [0.25, 0.3) is 10.2 Å². The molecule has 5 heteroatoms. The quantitative estimate of drug-likeness (QED) is 0.584. The van der Waals surface area contributed by atoms with Gasteiger partial charge in [0.1, 0.15) is 0 Å². The zero-order valence-corrected chi connectivity index (χ0v) is 14.0. The Morgan fingerprint density at radius 1 is 1.00 bits per heavy atom. The molecule has 1 N–H and O–H groups in total. The number of anilines is 1. The van der Waals surface area contributed by atoms with Crippen LogP contribution in [-0.2, 0) is 4.79 Å².